The van der Waals surface area contributed by atoms with Crippen molar-refractivity contribution in [3.63, 3.8) is 0 Å². The van der Waals surface area contributed by atoms with Gasteiger partial charge in [0.05, 0.1) is 23.9 Å². The summed E-state index contributed by atoms with van der Waals surface area (Å²) in [5.74, 6) is 0.789. The van der Waals surface area contributed by atoms with Crippen molar-refractivity contribution in [2.24, 2.45) is 11.8 Å². The maximum atomic E-state index is 12.6. The van der Waals surface area contributed by atoms with Crippen molar-refractivity contribution in [2.75, 3.05) is 25.3 Å². The van der Waals surface area contributed by atoms with Gasteiger partial charge in [0.25, 0.3) is 0 Å². The van der Waals surface area contributed by atoms with Gasteiger partial charge in [-0.25, -0.2) is 4.79 Å². The van der Waals surface area contributed by atoms with E-state index in [1.165, 1.54) is 30.7 Å². The highest BCUT2D eigenvalue weighted by atomic mass is 16.5. The molecular formula is C25H30N2O5. The first kappa shape index (κ1) is 21.1. The smallest absolute Gasteiger partial charge is 0.341 e. The Hall–Kier alpha value is -2.80. The van der Waals surface area contributed by atoms with E-state index < -0.39 is 11.4 Å². The van der Waals surface area contributed by atoms with Crippen LogP contribution < -0.4 is 15.2 Å². The molecule has 7 nitrogen and oxygen atoms in total. The zero-order chi connectivity index (χ0) is 22.6. The van der Waals surface area contributed by atoms with Gasteiger partial charge in [-0.2, -0.15) is 0 Å². The molecule has 0 spiro atoms. The normalized spacial score (nSPS) is 22.8. The van der Waals surface area contributed by atoms with Crippen LogP contribution in [0.15, 0.2) is 35.3 Å². The Kier molecular flexibility index (Phi) is 5.04. The Morgan fingerprint density at radius 2 is 2.00 bits per heavy atom. The minimum atomic E-state index is -1.19. The maximum absolute atomic E-state index is 12.6. The standard InChI is InChI=1S/C25H30N2O5/c1-25(2)13-19(15-5-6-15)23-18-11-16(32-10-4-9-31-3)7-8-17(18)21-12-22(28)20(24(29)30)14-26(21)27(23)25/h7-8,11-12,14-15,19,23H,4-6,9-10,13H2,1-3H3,(H,29,30)/t19-,23?/m1/s1. The Balaban J connectivity index is 1.65. The fraction of sp³-hybridized carbons (Fsp3) is 0.520. The van der Waals surface area contributed by atoms with Gasteiger partial charge in [0.15, 0.2) is 5.43 Å². The van der Waals surface area contributed by atoms with Crippen molar-refractivity contribution in [3.8, 4) is 17.0 Å². The molecule has 32 heavy (non-hydrogen) atoms. The lowest BCUT2D eigenvalue weighted by Gasteiger charge is -2.45. The third-order valence-electron chi connectivity index (χ3n) is 7.13. The van der Waals surface area contributed by atoms with Crippen LogP contribution in [0.3, 0.4) is 0 Å². The Morgan fingerprint density at radius 3 is 2.69 bits per heavy atom. The minimum Gasteiger partial charge on any atom is -0.493 e. The van der Waals surface area contributed by atoms with Crippen molar-refractivity contribution in [3.05, 3.63) is 51.8 Å². The summed E-state index contributed by atoms with van der Waals surface area (Å²) in [4.78, 5) is 24.3. The van der Waals surface area contributed by atoms with E-state index in [2.05, 4.69) is 24.9 Å². The molecule has 1 aromatic heterocycles. The molecule has 5 rings (SSSR count). The van der Waals surface area contributed by atoms with Gasteiger partial charge in [0.2, 0.25) is 0 Å². The van der Waals surface area contributed by atoms with Crippen molar-refractivity contribution in [2.45, 2.75) is 51.1 Å². The molecule has 1 saturated carbocycles. The van der Waals surface area contributed by atoms with Gasteiger partial charge in [0, 0.05) is 38.0 Å². The highest BCUT2D eigenvalue weighted by Gasteiger charge is 2.54. The second-order valence-corrected chi connectivity index (χ2v) is 9.84. The van der Waals surface area contributed by atoms with Gasteiger partial charge in [-0.15, -0.1) is 0 Å². The first-order valence-corrected chi connectivity index (χ1v) is 11.4. The predicted molar refractivity (Wildman–Crippen MR) is 121 cm³/mol. The summed E-state index contributed by atoms with van der Waals surface area (Å²) in [6.07, 6.45) is 5.84. The van der Waals surface area contributed by atoms with Gasteiger partial charge < -0.3 is 14.6 Å². The number of pyridine rings is 1. The average Bonchev–Trinajstić information content (AvgIpc) is 3.55. The predicted octanol–water partition coefficient (Wildman–Crippen LogP) is 3.83. The molecule has 2 aromatic rings. The SMILES string of the molecule is COCCCOc1ccc2c(c1)C1[C@@H](C3CC3)CC(C)(C)N1n1cc(C(=O)O)c(=O)cc1-2. The molecule has 1 saturated heterocycles. The van der Waals surface area contributed by atoms with E-state index in [0.717, 1.165) is 29.8 Å². The lowest BCUT2D eigenvalue weighted by atomic mass is 9.84. The topological polar surface area (TPSA) is 81.0 Å². The summed E-state index contributed by atoms with van der Waals surface area (Å²) in [7, 11) is 1.68. The number of methoxy groups -OCH3 is 1. The third kappa shape index (κ3) is 3.39. The van der Waals surface area contributed by atoms with E-state index in [4.69, 9.17) is 9.47 Å². The van der Waals surface area contributed by atoms with E-state index in [-0.39, 0.29) is 17.1 Å². The van der Waals surface area contributed by atoms with E-state index in [0.29, 0.717) is 25.0 Å². The number of ether oxygens (including phenoxy) is 2. The van der Waals surface area contributed by atoms with Crippen molar-refractivity contribution >= 4 is 5.97 Å². The largest absolute Gasteiger partial charge is 0.493 e. The molecule has 170 valence electrons. The summed E-state index contributed by atoms with van der Waals surface area (Å²) >= 11 is 0. The molecule has 0 bridgehead atoms. The highest BCUT2D eigenvalue weighted by Crippen LogP contribution is 2.58. The van der Waals surface area contributed by atoms with Crippen molar-refractivity contribution in [1.82, 2.24) is 4.68 Å². The van der Waals surface area contributed by atoms with E-state index in [1.54, 1.807) is 7.11 Å². The highest BCUT2D eigenvalue weighted by molar-refractivity contribution is 5.88. The summed E-state index contributed by atoms with van der Waals surface area (Å²) in [5, 5.41) is 11.9. The molecule has 7 heteroatoms. The molecular weight excluding hydrogens is 408 g/mol. The Bertz CT molecular complexity index is 1120. The number of aromatic nitrogens is 1. The number of benzene rings is 1. The van der Waals surface area contributed by atoms with Gasteiger partial charge in [-0.1, -0.05) is 0 Å². The Morgan fingerprint density at radius 1 is 1.22 bits per heavy atom. The lowest BCUT2D eigenvalue weighted by molar-refractivity contribution is 0.0694. The average molecular weight is 439 g/mol. The van der Waals surface area contributed by atoms with Crippen LogP contribution >= 0.6 is 0 Å². The van der Waals surface area contributed by atoms with Crippen LogP contribution in [0.2, 0.25) is 0 Å². The van der Waals surface area contributed by atoms with Gasteiger partial charge in [0.1, 0.15) is 11.3 Å². The number of carboxylic acids is 1. The number of carboxylic acid groups (broad SMARTS) is 1. The first-order valence-electron chi connectivity index (χ1n) is 11.4. The van der Waals surface area contributed by atoms with Crippen molar-refractivity contribution in [1.29, 1.82) is 0 Å². The number of nitrogens with zero attached hydrogens (tertiary/aromatic N) is 2. The molecule has 2 fully saturated rings. The second kappa shape index (κ2) is 7.66. The molecule has 3 aliphatic rings. The zero-order valence-electron chi connectivity index (χ0n) is 18.8. The quantitative estimate of drug-likeness (QED) is 0.662. The summed E-state index contributed by atoms with van der Waals surface area (Å²) in [6.45, 7) is 5.65. The van der Waals surface area contributed by atoms with Crippen molar-refractivity contribution < 1.29 is 19.4 Å². The Labute approximate surface area is 187 Å². The number of hydrogen-bond donors (Lipinski definition) is 1. The molecule has 1 aliphatic carbocycles. The molecule has 0 amide bonds. The monoisotopic (exact) mass is 438 g/mol. The maximum Gasteiger partial charge on any atom is 0.341 e. The van der Waals surface area contributed by atoms with Crippen LogP contribution in [0.1, 0.15) is 61.5 Å². The van der Waals surface area contributed by atoms with E-state index in [1.807, 2.05) is 16.8 Å². The number of hydrogen-bond acceptors (Lipinski definition) is 5. The van der Waals surface area contributed by atoms with Gasteiger partial charge in [-0.05, 0) is 68.7 Å². The number of carbonyl (C=O) groups is 1. The van der Waals surface area contributed by atoms with Crippen LogP contribution in [-0.2, 0) is 4.74 Å². The van der Waals surface area contributed by atoms with Gasteiger partial charge >= 0.3 is 5.97 Å². The van der Waals surface area contributed by atoms with Crippen LogP contribution in [-0.4, -0.2) is 41.6 Å². The van der Waals surface area contributed by atoms with Gasteiger partial charge in [-0.3, -0.25) is 14.5 Å². The molecule has 1 N–H and O–H groups in total. The molecule has 1 aromatic carbocycles. The number of rotatable bonds is 7. The fourth-order valence-corrected chi connectivity index (χ4v) is 5.64. The van der Waals surface area contributed by atoms with Crippen LogP contribution in [0.4, 0.5) is 0 Å². The third-order valence-corrected chi connectivity index (χ3v) is 7.13. The number of fused-ring (bicyclic) bond motifs is 6. The fourth-order valence-electron chi connectivity index (χ4n) is 5.64. The first-order chi connectivity index (χ1) is 15.3. The summed E-state index contributed by atoms with van der Waals surface area (Å²) in [6, 6.07) is 7.66. The second-order valence-electron chi connectivity index (χ2n) is 9.84. The summed E-state index contributed by atoms with van der Waals surface area (Å²) < 4.78 is 13.0. The van der Waals surface area contributed by atoms with E-state index >= 15 is 0 Å². The number of aromatic carboxylic acids is 1. The molecule has 2 aliphatic heterocycles. The molecule has 2 atom stereocenters. The lowest BCUT2D eigenvalue weighted by Crippen LogP contribution is -2.50. The molecule has 3 heterocycles. The van der Waals surface area contributed by atoms with Crippen LogP contribution in [0, 0.1) is 11.8 Å². The minimum absolute atomic E-state index is 0.117. The van der Waals surface area contributed by atoms with Crippen LogP contribution in [0.5, 0.6) is 5.75 Å². The zero-order valence-corrected chi connectivity index (χ0v) is 18.8. The molecule has 1 unspecified atom stereocenters. The van der Waals surface area contributed by atoms with E-state index in [9.17, 15) is 14.7 Å². The molecule has 0 radical (unpaired) electrons. The summed E-state index contributed by atoms with van der Waals surface area (Å²) in [5.41, 5.74) is 2.04. The van der Waals surface area contributed by atoms with Crippen LogP contribution in [0.25, 0.3) is 11.3 Å².